The minimum absolute atomic E-state index is 0.0578. The van der Waals surface area contributed by atoms with Crippen LogP contribution in [-0.4, -0.2) is 32.3 Å². The van der Waals surface area contributed by atoms with Gasteiger partial charge in [-0.2, -0.15) is 0 Å². The van der Waals surface area contributed by atoms with Gasteiger partial charge in [0, 0.05) is 25.6 Å². The standard InChI is InChI=1S/C24H23NO3S/c1-18(26)25-15-13-19-11-12-22(17-21(19)14-16-25)29(27,28)24-10-6-5-9-23(24)20-7-3-2-4-8-20/h2-12,17H,13-16H2,1H3. The molecule has 5 heteroatoms. The van der Waals surface area contributed by atoms with Gasteiger partial charge in [-0.05, 0) is 47.7 Å². The minimum Gasteiger partial charge on any atom is -0.342 e. The number of hydrogen-bond donors (Lipinski definition) is 0. The van der Waals surface area contributed by atoms with Gasteiger partial charge in [0.05, 0.1) is 9.79 Å². The Kier molecular flexibility index (Phi) is 5.24. The van der Waals surface area contributed by atoms with Gasteiger partial charge >= 0.3 is 0 Å². The smallest absolute Gasteiger partial charge is 0.219 e. The number of rotatable bonds is 3. The van der Waals surface area contributed by atoms with E-state index in [0.29, 0.717) is 34.9 Å². The number of amides is 1. The number of sulfone groups is 1. The van der Waals surface area contributed by atoms with Crippen molar-refractivity contribution in [1.29, 1.82) is 0 Å². The van der Waals surface area contributed by atoms with Crippen molar-refractivity contribution in [2.24, 2.45) is 0 Å². The fourth-order valence-electron chi connectivity index (χ4n) is 3.87. The molecule has 0 aromatic heterocycles. The normalized spacial score (nSPS) is 14.2. The first kappa shape index (κ1) is 19.4. The molecule has 0 saturated carbocycles. The van der Waals surface area contributed by atoms with Gasteiger partial charge in [0.2, 0.25) is 15.7 Å². The second kappa shape index (κ2) is 7.84. The quantitative estimate of drug-likeness (QED) is 0.658. The summed E-state index contributed by atoms with van der Waals surface area (Å²) in [6.45, 7) is 2.87. The molecule has 148 valence electrons. The Labute approximate surface area is 171 Å². The van der Waals surface area contributed by atoms with E-state index in [0.717, 1.165) is 23.1 Å². The van der Waals surface area contributed by atoms with Gasteiger partial charge in [0.1, 0.15) is 0 Å². The molecule has 3 aromatic carbocycles. The Morgan fingerprint density at radius 1 is 0.828 bits per heavy atom. The predicted octanol–water partition coefficient (Wildman–Crippen LogP) is 4.13. The highest BCUT2D eigenvalue weighted by Gasteiger charge is 2.24. The van der Waals surface area contributed by atoms with E-state index in [1.807, 2.05) is 53.4 Å². The SMILES string of the molecule is CC(=O)N1CCc2ccc(S(=O)(=O)c3ccccc3-c3ccccc3)cc2CC1. The third kappa shape index (κ3) is 3.83. The lowest BCUT2D eigenvalue weighted by Gasteiger charge is -2.17. The van der Waals surface area contributed by atoms with Crippen molar-refractivity contribution in [3.63, 3.8) is 0 Å². The lowest BCUT2D eigenvalue weighted by atomic mass is 10.0. The number of nitrogens with zero attached hydrogens (tertiary/aromatic N) is 1. The first-order valence-electron chi connectivity index (χ1n) is 9.73. The highest BCUT2D eigenvalue weighted by atomic mass is 32.2. The summed E-state index contributed by atoms with van der Waals surface area (Å²) in [5, 5.41) is 0. The van der Waals surface area contributed by atoms with Crippen molar-refractivity contribution in [3.8, 4) is 11.1 Å². The second-order valence-corrected chi connectivity index (χ2v) is 9.22. The molecule has 0 fully saturated rings. The Morgan fingerprint density at radius 2 is 1.48 bits per heavy atom. The van der Waals surface area contributed by atoms with Crippen LogP contribution < -0.4 is 0 Å². The summed E-state index contributed by atoms with van der Waals surface area (Å²) < 4.78 is 27.0. The average Bonchev–Trinajstić information content (AvgIpc) is 2.96. The largest absolute Gasteiger partial charge is 0.342 e. The van der Waals surface area contributed by atoms with E-state index in [1.54, 1.807) is 31.2 Å². The van der Waals surface area contributed by atoms with Crippen molar-refractivity contribution < 1.29 is 13.2 Å². The van der Waals surface area contributed by atoms with Crippen LogP contribution in [0.2, 0.25) is 0 Å². The summed E-state index contributed by atoms with van der Waals surface area (Å²) in [5.41, 5.74) is 3.69. The molecule has 1 aliphatic heterocycles. The molecule has 29 heavy (non-hydrogen) atoms. The zero-order chi connectivity index (χ0) is 20.4. The van der Waals surface area contributed by atoms with Crippen molar-refractivity contribution in [3.05, 3.63) is 83.9 Å². The summed E-state index contributed by atoms with van der Waals surface area (Å²) >= 11 is 0. The number of fused-ring (bicyclic) bond motifs is 1. The summed E-state index contributed by atoms with van der Waals surface area (Å²) in [6.07, 6.45) is 1.41. The molecule has 0 unspecified atom stereocenters. The molecule has 1 aliphatic rings. The fourth-order valence-corrected chi connectivity index (χ4v) is 5.40. The van der Waals surface area contributed by atoms with Gasteiger partial charge in [0.15, 0.2) is 0 Å². The maximum atomic E-state index is 13.5. The van der Waals surface area contributed by atoms with E-state index in [1.165, 1.54) is 0 Å². The molecule has 0 saturated heterocycles. The Bertz CT molecular complexity index is 1150. The average molecular weight is 406 g/mol. The first-order chi connectivity index (χ1) is 14.0. The highest BCUT2D eigenvalue weighted by Crippen LogP contribution is 2.32. The zero-order valence-electron chi connectivity index (χ0n) is 16.3. The van der Waals surface area contributed by atoms with E-state index < -0.39 is 9.84 Å². The second-order valence-electron chi connectivity index (χ2n) is 7.30. The number of hydrogen-bond acceptors (Lipinski definition) is 3. The van der Waals surface area contributed by atoms with Crippen LogP contribution in [0.4, 0.5) is 0 Å². The topological polar surface area (TPSA) is 54.5 Å². The molecule has 3 aromatic rings. The minimum atomic E-state index is -3.67. The summed E-state index contributed by atoms with van der Waals surface area (Å²) in [5.74, 6) is 0.0578. The molecular formula is C24H23NO3S. The lowest BCUT2D eigenvalue weighted by molar-refractivity contribution is -0.128. The Hall–Kier alpha value is -2.92. The first-order valence-corrected chi connectivity index (χ1v) is 11.2. The zero-order valence-corrected chi connectivity index (χ0v) is 17.2. The van der Waals surface area contributed by atoms with Crippen LogP contribution in [0.25, 0.3) is 11.1 Å². The third-order valence-electron chi connectivity index (χ3n) is 5.50. The molecule has 1 heterocycles. The molecule has 0 bridgehead atoms. The van der Waals surface area contributed by atoms with Crippen molar-refractivity contribution in [2.75, 3.05) is 13.1 Å². The van der Waals surface area contributed by atoms with E-state index in [4.69, 9.17) is 0 Å². The van der Waals surface area contributed by atoms with Crippen LogP contribution in [0.5, 0.6) is 0 Å². The van der Waals surface area contributed by atoms with Crippen LogP contribution in [0.3, 0.4) is 0 Å². The van der Waals surface area contributed by atoms with Crippen molar-refractivity contribution in [1.82, 2.24) is 4.90 Å². The van der Waals surface area contributed by atoms with E-state index in [9.17, 15) is 13.2 Å². The van der Waals surface area contributed by atoms with Gasteiger partial charge in [0.25, 0.3) is 0 Å². The van der Waals surface area contributed by atoms with Crippen LogP contribution in [0.1, 0.15) is 18.1 Å². The van der Waals surface area contributed by atoms with Gasteiger partial charge < -0.3 is 4.90 Å². The maximum absolute atomic E-state index is 13.5. The maximum Gasteiger partial charge on any atom is 0.219 e. The van der Waals surface area contributed by atoms with Crippen LogP contribution in [0, 0.1) is 0 Å². The summed E-state index contributed by atoms with van der Waals surface area (Å²) in [7, 11) is -3.67. The van der Waals surface area contributed by atoms with E-state index in [2.05, 4.69) is 0 Å². The van der Waals surface area contributed by atoms with Gasteiger partial charge in [-0.1, -0.05) is 54.6 Å². The molecule has 0 N–H and O–H groups in total. The summed E-state index contributed by atoms with van der Waals surface area (Å²) in [6, 6.07) is 22.1. The van der Waals surface area contributed by atoms with Gasteiger partial charge in [-0.15, -0.1) is 0 Å². The Morgan fingerprint density at radius 3 is 2.21 bits per heavy atom. The number of carbonyl (C=O) groups excluding carboxylic acids is 1. The molecule has 0 radical (unpaired) electrons. The van der Waals surface area contributed by atoms with E-state index in [-0.39, 0.29) is 5.91 Å². The molecule has 4 nitrogen and oxygen atoms in total. The van der Waals surface area contributed by atoms with Crippen LogP contribution in [0.15, 0.2) is 82.6 Å². The van der Waals surface area contributed by atoms with E-state index >= 15 is 0 Å². The monoisotopic (exact) mass is 405 g/mol. The summed E-state index contributed by atoms with van der Waals surface area (Å²) in [4.78, 5) is 14.1. The van der Waals surface area contributed by atoms with Gasteiger partial charge in [-0.25, -0.2) is 8.42 Å². The van der Waals surface area contributed by atoms with Crippen molar-refractivity contribution in [2.45, 2.75) is 29.6 Å². The fraction of sp³-hybridized carbons (Fsp3) is 0.208. The van der Waals surface area contributed by atoms with Crippen molar-refractivity contribution >= 4 is 15.7 Å². The number of carbonyl (C=O) groups is 1. The predicted molar refractivity (Wildman–Crippen MR) is 113 cm³/mol. The molecule has 1 amide bonds. The molecule has 0 spiro atoms. The molecule has 4 rings (SSSR count). The highest BCUT2D eigenvalue weighted by molar-refractivity contribution is 7.91. The lowest BCUT2D eigenvalue weighted by Crippen LogP contribution is -2.30. The molecule has 0 atom stereocenters. The Balaban J connectivity index is 1.75. The molecule has 0 aliphatic carbocycles. The van der Waals surface area contributed by atoms with Crippen LogP contribution >= 0.6 is 0 Å². The number of benzene rings is 3. The molecular weight excluding hydrogens is 382 g/mol. The van der Waals surface area contributed by atoms with Crippen LogP contribution in [-0.2, 0) is 27.5 Å². The van der Waals surface area contributed by atoms with Gasteiger partial charge in [-0.3, -0.25) is 4.79 Å². The third-order valence-corrected chi connectivity index (χ3v) is 7.31.